The molecule has 48 heavy (non-hydrogen) atoms. The highest BCUT2D eigenvalue weighted by molar-refractivity contribution is 7.80. The van der Waals surface area contributed by atoms with E-state index in [0.717, 1.165) is 34.1 Å². The minimum atomic E-state index is -1.00. The van der Waals surface area contributed by atoms with Crippen molar-refractivity contribution in [3.05, 3.63) is 144 Å². The van der Waals surface area contributed by atoms with Crippen molar-refractivity contribution in [2.75, 3.05) is 13.6 Å². The lowest BCUT2D eigenvalue weighted by molar-refractivity contribution is 0.173. The van der Waals surface area contributed by atoms with Gasteiger partial charge in [0.25, 0.3) is 0 Å². The molecule has 2 aliphatic heterocycles. The van der Waals surface area contributed by atoms with E-state index in [0.29, 0.717) is 0 Å². The van der Waals surface area contributed by atoms with E-state index in [9.17, 15) is 0 Å². The van der Waals surface area contributed by atoms with Crippen LogP contribution in [-0.2, 0) is 0 Å². The van der Waals surface area contributed by atoms with Gasteiger partial charge >= 0.3 is 0 Å². The first-order valence-corrected chi connectivity index (χ1v) is 18.9. The summed E-state index contributed by atoms with van der Waals surface area (Å²) in [5, 5.41) is 7.45. The van der Waals surface area contributed by atoms with Crippen molar-refractivity contribution in [1.29, 1.82) is 0 Å². The standard InChI is InChI=1S/C42H36O4P2/c1-27-5-13-31(14-6-27)47(32-15-7-28(2)8-16-32)37-23-21-35-41(45-25-43-35)39(37)40-38(24-22-36-42(40)46-26-44-36)48(33-17-9-29(3)10-18-33)34-19-11-30(4)12-20-34/h5-24H,25-26H2,1-4H3. The Morgan fingerprint density at radius 1 is 0.354 bits per heavy atom. The molecule has 2 aliphatic rings. The van der Waals surface area contributed by atoms with Crippen molar-refractivity contribution in [2.24, 2.45) is 0 Å². The number of benzene rings is 6. The van der Waals surface area contributed by atoms with Crippen molar-refractivity contribution in [2.45, 2.75) is 27.7 Å². The zero-order chi connectivity index (χ0) is 32.8. The third-order valence-corrected chi connectivity index (χ3v) is 13.9. The monoisotopic (exact) mass is 666 g/mol. The van der Waals surface area contributed by atoms with Crippen molar-refractivity contribution in [3.8, 4) is 34.1 Å². The van der Waals surface area contributed by atoms with Crippen molar-refractivity contribution >= 4 is 47.7 Å². The fourth-order valence-corrected chi connectivity index (χ4v) is 11.2. The van der Waals surface area contributed by atoms with Gasteiger partial charge < -0.3 is 18.9 Å². The largest absolute Gasteiger partial charge is 0.454 e. The first-order valence-electron chi connectivity index (χ1n) is 16.2. The second-order valence-electron chi connectivity index (χ2n) is 12.4. The molecule has 6 aromatic rings. The molecule has 0 aromatic heterocycles. The van der Waals surface area contributed by atoms with E-state index >= 15 is 0 Å². The number of ether oxygens (including phenoxy) is 4. The SMILES string of the molecule is Cc1ccc(P(c2ccc(C)cc2)c2ccc3c(c2-c2c(P(c4ccc(C)cc4)c4ccc(C)cc4)ccc4c2OCO4)OCO3)cc1. The van der Waals surface area contributed by atoms with Gasteiger partial charge in [0.15, 0.2) is 23.0 Å². The Hall–Kier alpha value is -4.62. The van der Waals surface area contributed by atoms with E-state index in [1.54, 1.807) is 0 Å². The number of fused-ring (bicyclic) bond motifs is 2. The van der Waals surface area contributed by atoms with Crippen LogP contribution < -0.4 is 50.8 Å². The summed E-state index contributed by atoms with van der Waals surface area (Å²) >= 11 is 0. The lowest BCUT2D eigenvalue weighted by Crippen LogP contribution is -2.26. The van der Waals surface area contributed by atoms with Crippen molar-refractivity contribution < 1.29 is 18.9 Å². The molecule has 0 saturated carbocycles. The molecule has 0 radical (unpaired) electrons. The second kappa shape index (κ2) is 12.8. The van der Waals surface area contributed by atoms with Gasteiger partial charge in [-0.25, -0.2) is 0 Å². The minimum absolute atomic E-state index is 0.172. The van der Waals surface area contributed by atoms with Crippen LogP contribution in [-0.4, -0.2) is 13.6 Å². The molecule has 0 fully saturated rings. The minimum Gasteiger partial charge on any atom is -0.454 e. The zero-order valence-corrected chi connectivity index (χ0v) is 29.3. The van der Waals surface area contributed by atoms with E-state index < -0.39 is 15.8 Å². The van der Waals surface area contributed by atoms with Crippen LogP contribution in [0.4, 0.5) is 0 Å². The van der Waals surface area contributed by atoms with E-state index in [2.05, 4.69) is 149 Å². The molecule has 0 atom stereocenters. The molecule has 0 bridgehead atoms. The predicted octanol–water partition coefficient (Wildman–Crippen LogP) is 7.56. The number of aryl methyl sites for hydroxylation is 4. The van der Waals surface area contributed by atoms with Crippen LogP contribution in [0.2, 0.25) is 0 Å². The highest BCUT2D eigenvalue weighted by atomic mass is 31.1. The Morgan fingerprint density at radius 3 is 0.938 bits per heavy atom. The van der Waals surface area contributed by atoms with Gasteiger partial charge in [0.1, 0.15) is 0 Å². The topological polar surface area (TPSA) is 36.9 Å². The summed E-state index contributed by atoms with van der Waals surface area (Å²) in [7, 11) is -2.00. The third kappa shape index (κ3) is 5.64. The average molecular weight is 667 g/mol. The predicted molar refractivity (Wildman–Crippen MR) is 200 cm³/mol. The summed E-state index contributed by atoms with van der Waals surface area (Å²) in [6.45, 7) is 8.90. The summed E-state index contributed by atoms with van der Waals surface area (Å²) in [6, 6.07) is 44.5. The summed E-state index contributed by atoms with van der Waals surface area (Å²) in [6.07, 6.45) is 0. The maximum atomic E-state index is 6.42. The van der Waals surface area contributed by atoms with Gasteiger partial charge in [0.05, 0.1) is 0 Å². The average Bonchev–Trinajstić information content (AvgIpc) is 3.79. The van der Waals surface area contributed by atoms with Gasteiger partial charge in [0.2, 0.25) is 13.6 Å². The van der Waals surface area contributed by atoms with Gasteiger partial charge in [-0.2, -0.15) is 0 Å². The molecule has 0 aliphatic carbocycles. The molecule has 0 spiro atoms. The van der Waals surface area contributed by atoms with Crippen LogP contribution in [0.3, 0.4) is 0 Å². The Morgan fingerprint density at radius 2 is 0.646 bits per heavy atom. The lowest BCUT2D eigenvalue weighted by atomic mass is 10.0. The van der Waals surface area contributed by atoms with E-state index in [1.807, 2.05) is 0 Å². The van der Waals surface area contributed by atoms with Gasteiger partial charge in [-0.3, -0.25) is 0 Å². The van der Waals surface area contributed by atoms with Crippen LogP contribution in [0.1, 0.15) is 22.3 Å². The van der Waals surface area contributed by atoms with Gasteiger partial charge in [-0.1, -0.05) is 119 Å². The summed E-state index contributed by atoms with van der Waals surface area (Å²) in [5.41, 5.74) is 6.97. The van der Waals surface area contributed by atoms with Gasteiger partial charge in [-0.05, 0) is 99.6 Å². The molecular weight excluding hydrogens is 630 g/mol. The lowest BCUT2D eigenvalue weighted by Gasteiger charge is -2.28. The first-order chi connectivity index (χ1) is 23.4. The molecule has 8 rings (SSSR count). The number of hydrogen-bond donors (Lipinski definition) is 0. The maximum Gasteiger partial charge on any atom is 0.231 e. The molecular formula is C42H36O4P2. The maximum absolute atomic E-state index is 6.42. The van der Waals surface area contributed by atoms with Crippen LogP contribution in [0.25, 0.3) is 11.1 Å². The molecule has 2 heterocycles. The highest BCUT2D eigenvalue weighted by Gasteiger charge is 2.35. The van der Waals surface area contributed by atoms with Crippen LogP contribution in [0, 0.1) is 27.7 Å². The first kappa shape index (κ1) is 30.7. The Bertz CT molecular complexity index is 1860. The molecule has 4 nitrogen and oxygen atoms in total. The zero-order valence-electron chi connectivity index (χ0n) is 27.5. The number of hydrogen-bond acceptors (Lipinski definition) is 4. The Balaban J connectivity index is 1.45. The highest BCUT2D eigenvalue weighted by Crippen LogP contribution is 2.53. The molecule has 0 amide bonds. The van der Waals surface area contributed by atoms with E-state index in [4.69, 9.17) is 18.9 Å². The molecule has 0 N–H and O–H groups in total. The molecule has 0 unspecified atom stereocenters. The summed E-state index contributed by atoms with van der Waals surface area (Å²) < 4.78 is 25.0. The summed E-state index contributed by atoms with van der Waals surface area (Å²) in [5.74, 6) is 3.00. The van der Waals surface area contributed by atoms with Crippen LogP contribution in [0.15, 0.2) is 121 Å². The number of rotatable bonds is 7. The van der Waals surface area contributed by atoms with Crippen LogP contribution >= 0.6 is 15.8 Å². The fourth-order valence-electron chi connectivity index (χ4n) is 6.41. The quantitative estimate of drug-likeness (QED) is 0.165. The van der Waals surface area contributed by atoms with Gasteiger partial charge in [0, 0.05) is 11.1 Å². The summed E-state index contributed by atoms with van der Waals surface area (Å²) in [4.78, 5) is 0. The van der Waals surface area contributed by atoms with E-state index in [1.165, 1.54) is 54.1 Å². The van der Waals surface area contributed by atoms with Crippen molar-refractivity contribution in [3.63, 3.8) is 0 Å². The van der Waals surface area contributed by atoms with Crippen LogP contribution in [0.5, 0.6) is 23.0 Å². The van der Waals surface area contributed by atoms with Crippen molar-refractivity contribution in [1.82, 2.24) is 0 Å². The molecule has 0 saturated heterocycles. The molecule has 6 aromatic carbocycles. The third-order valence-electron chi connectivity index (χ3n) is 8.94. The Labute approximate surface area is 284 Å². The van der Waals surface area contributed by atoms with E-state index in [-0.39, 0.29) is 13.6 Å². The van der Waals surface area contributed by atoms with Gasteiger partial charge in [-0.15, -0.1) is 0 Å². The normalized spacial score (nSPS) is 13.0. The Kier molecular flexibility index (Phi) is 8.17. The fraction of sp³-hybridized carbons (Fsp3) is 0.143. The smallest absolute Gasteiger partial charge is 0.231 e. The molecule has 6 heteroatoms. The second-order valence-corrected chi connectivity index (χ2v) is 16.8. The molecule has 238 valence electrons.